The summed E-state index contributed by atoms with van der Waals surface area (Å²) in [7, 11) is -3.09. The summed E-state index contributed by atoms with van der Waals surface area (Å²) in [5.74, 6) is 0.429. The van der Waals surface area contributed by atoms with Crippen LogP contribution in [0.2, 0.25) is 0 Å². The maximum absolute atomic E-state index is 12.6. The molecule has 1 saturated heterocycles. The second-order valence-electron chi connectivity index (χ2n) is 9.31. The summed E-state index contributed by atoms with van der Waals surface area (Å²) in [6, 6.07) is 8.93. The minimum Gasteiger partial charge on any atom is -0.353 e. The number of benzene rings is 1. The molecule has 3 aliphatic carbocycles. The molecular formula is C22H30N2O3S. The van der Waals surface area contributed by atoms with Gasteiger partial charge in [0.05, 0.1) is 5.25 Å². The summed E-state index contributed by atoms with van der Waals surface area (Å²) in [5.41, 5.74) is 2.71. The van der Waals surface area contributed by atoms with Crippen LogP contribution in [0.3, 0.4) is 0 Å². The molecule has 1 N–H and O–H groups in total. The van der Waals surface area contributed by atoms with Gasteiger partial charge in [0.25, 0.3) is 0 Å². The normalized spacial score (nSPS) is 27.4. The van der Waals surface area contributed by atoms with E-state index in [0.717, 1.165) is 44.9 Å². The molecule has 1 amide bonds. The molecule has 5 nitrogen and oxygen atoms in total. The average Bonchev–Trinajstić information content (AvgIpc) is 3.47. The lowest BCUT2D eigenvalue weighted by Crippen LogP contribution is -2.45. The lowest BCUT2D eigenvalue weighted by atomic mass is 9.73. The van der Waals surface area contributed by atoms with Gasteiger partial charge in [-0.15, -0.1) is 0 Å². The summed E-state index contributed by atoms with van der Waals surface area (Å²) < 4.78 is 27.0. The van der Waals surface area contributed by atoms with E-state index in [9.17, 15) is 13.2 Å². The van der Waals surface area contributed by atoms with E-state index in [1.165, 1.54) is 17.5 Å². The van der Waals surface area contributed by atoms with Gasteiger partial charge in [-0.3, -0.25) is 4.79 Å². The molecule has 1 heterocycles. The van der Waals surface area contributed by atoms with Crippen LogP contribution in [0.15, 0.2) is 24.3 Å². The van der Waals surface area contributed by atoms with Gasteiger partial charge in [-0.25, -0.2) is 12.7 Å². The van der Waals surface area contributed by atoms with Crippen LogP contribution in [0, 0.1) is 0 Å². The molecule has 1 aliphatic heterocycles. The minimum atomic E-state index is -3.09. The predicted octanol–water partition coefficient (Wildman–Crippen LogP) is 3.06. The van der Waals surface area contributed by atoms with Gasteiger partial charge in [0, 0.05) is 25.6 Å². The third-order valence-electron chi connectivity index (χ3n) is 7.50. The number of rotatable bonds is 5. The molecule has 1 atom stereocenters. The van der Waals surface area contributed by atoms with E-state index in [0.29, 0.717) is 25.6 Å². The lowest BCUT2D eigenvalue weighted by Gasteiger charge is -2.40. The zero-order chi connectivity index (χ0) is 19.4. The second-order valence-corrected chi connectivity index (χ2v) is 11.5. The van der Waals surface area contributed by atoms with Gasteiger partial charge in [0.15, 0.2) is 0 Å². The Labute approximate surface area is 167 Å². The maximum Gasteiger partial charge on any atom is 0.220 e. The average molecular weight is 403 g/mol. The Bertz CT molecular complexity index is 866. The van der Waals surface area contributed by atoms with Crippen molar-refractivity contribution in [1.82, 2.24) is 9.62 Å². The van der Waals surface area contributed by atoms with E-state index in [2.05, 4.69) is 29.6 Å². The largest absolute Gasteiger partial charge is 0.353 e. The summed E-state index contributed by atoms with van der Waals surface area (Å²) in [6.07, 6.45) is 8.37. The predicted molar refractivity (Wildman–Crippen MR) is 109 cm³/mol. The number of fused-ring (bicyclic) bond motifs is 2. The Morgan fingerprint density at radius 2 is 1.82 bits per heavy atom. The topological polar surface area (TPSA) is 66.5 Å². The van der Waals surface area contributed by atoms with E-state index in [-0.39, 0.29) is 22.5 Å². The first-order valence-corrected chi connectivity index (χ1v) is 12.4. The van der Waals surface area contributed by atoms with E-state index in [1.807, 2.05) is 0 Å². The number of piperidine rings is 1. The molecule has 4 aliphatic rings. The molecule has 1 spiro atoms. The molecule has 2 saturated carbocycles. The Morgan fingerprint density at radius 1 is 1.11 bits per heavy atom. The van der Waals surface area contributed by atoms with Gasteiger partial charge < -0.3 is 5.32 Å². The molecule has 28 heavy (non-hydrogen) atoms. The van der Waals surface area contributed by atoms with Crippen molar-refractivity contribution < 1.29 is 13.2 Å². The van der Waals surface area contributed by atoms with Crippen molar-refractivity contribution in [2.45, 2.75) is 80.4 Å². The quantitative estimate of drug-likeness (QED) is 0.823. The molecule has 1 aromatic rings. The van der Waals surface area contributed by atoms with Crippen LogP contribution in [0.4, 0.5) is 0 Å². The van der Waals surface area contributed by atoms with Crippen LogP contribution in [-0.4, -0.2) is 43.0 Å². The number of hydrogen-bond donors (Lipinski definition) is 1. The molecule has 5 rings (SSSR count). The van der Waals surface area contributed by atoms with E-state index in [4.69, 9.17) is 0 Å². The summed E-state index contributed by atoms with van der Waals surface area (Å²) in [6.45, 7) is 1.24. The highest BCUT2D eigenvalue weighted by Crippen LogP contribution is 2.53. The van der Waals surface area contributed by atoms with Crippen molar-refractivity contribution in [3.05, 3.63) is 35.4 Å². The highest BCUT2D eigenvalue weighted by atomic mass is 32.2. The first kappa shape index (κ1) is 18.6. The number of nitrogens with zero attached hydrogens (tertiary/aromatic N) is 1. The molecular weight excluding hydrogens is 372 g/mol. The Morgan fingerprint density at radius 3 is 2.46 bits per heavy atom. The third-order valence-corrected chi connectivity index (χ3v) is 9.90. The molecule has 3 fully saturated rings. The van der Waals surface area contributed by atoms with Gasteiger partial charge >= 0.3 is 0 Å². The Kier molecular flexibility index (Phi) is 4.55. The van der Waals surface area contributed by atoms with Crippen LogP contribution in [-0.2, 0) is 20.2 Å². The van der Waals surface area contributed by atoms with Crippen molar-refractivity contribution in [1.29, 1.82) is 0 Å². The van der Waals surface area contributed by atoms with Crippen molar-refractivity contribution in [2.75, 3.05) is 13.1 Å². The fourth-order valence-electron chi connectivity index (χ4n) is 5.49. The Balaban J connectivity index is 1.31. The molecule has 0 aromatic heterocycles. The fraction of sp³-hybridized carbons (Fsp3) is 0.682. The van der Waals surface area contributed by atoms with Crippen LogP contribution in [0.25, 0.3) is 0 Å². The van der Waals surface area contributed by atoms with E-state index < -0.39 is 10.0 Å². The molecule has 6 heteroatoms. The first-order chi connectivity index (χ1) is 13.5. The van der Waals surface area contributed by atoms with Gasteiger partial charge in [-0.1, -0.05) is 24.3 Å². The number of sulfonamides is 1. The lowest BCUT2D eigenvalue weighted by molar-refractivity contribution is -0.122. The number of carbonyl (C=O) groups excluding carboxylic acids is 1. The maximum atomic E-state index is 12.6. The zero-order valence-electron chi connectivity index (χ0n) is 16.4. The standard InChI is InChI=1S/C22H30N2O3S/c25-21(23-17-4-3-5-17)14-16-15-22(20-7-2-1-6-19(16)20)10-12-24(13-11-22)28(26,27)18-8-9-18/h1-2,6-7,16-18H,3-5,8-15H2,(H,23,25)/t16-/m0/s1. The van der Waals surface area contributed by atoms with Gasteiger partial charge in [-0.05, 0) is 73.8 Å². The number of hydrogen-bond acceptors (Lipinski definition) is 3. The first-order valence-electron chi connectivity index (χ1n) is 10.9. The SMILES string of the molecule is O=C(C[C@H]1CC2(CCN(S(=O)(=O)C3CC3)CC2)c2ccccc21)NC1CCC1. The second kappa shape index (κ2) is 6.84. The summed E-state index contributed by atoms with van der Waals surface area (Å²) in [4.78, 5) is 12.6. The molecule has 1 aromatic carbocycles. The van der Waals surface area contributed by atoms with Crippen LogP contribution in [0.5, 0.6) is 0 Å². The van der Waals surface area contributed by atoms with Crippen molar-refractivity contribution in [2.24, 2.45) is 0 Å². The summed E-state index contributed by atoms with van der Waals surface area (Å²) in [5, 5.41) is 3.06. The number of nitrogens with one attached hydrogen (secondary N) is 1. The fourth-order valence-corrected chi connectivity index (χ4v) is 7.34. The molecule has 0 unspecified atom stereocenters. The van der Waals surface area contributed by atoms with Crippen molar-refractivity contribution >= 4 is 15.9 Å². The monoisotopic (exact) mass is 402 g/mol. The smallest absolute Gasteiger partial charge is 0.220 e. The summed E-state index contributed by atoms with van der Waals surface area (Å²) >= 11 is 0. The number of amides is 1. The zero-order valence-corrected chi connectivity index (χ0v) is 17.2. The van der Waals surface area contributed by atoms with Gasteiger partial charge in [-0.2, -0.15) is 0 Å². The van der Waals surface area contributed by atoms with E-state index in [1.54, 1.807) is 4.31 Å². The molecule has 0 bridgehead atoms. The van der Waals surface area contributed by atoms with Crippen LogP contribution < -0.4 is 5.32 Å². The minimum absolute atomic E-state index is 0.0353. The van der Waals surface area contributed by atoms with Crippen molar-refractivity contribution in [3.63, 3.8) is 0 Å². The molecule has 152 valence electrons. The van der Waals surface area contributed by atoms with Crippen molar-refractivity contribution in [3.8, 4) is 0 Å². The van der Waals surface area contributed by atoms with Gasteiger partial charge in [0.1, 0.15) is 0 Å². The highest BCUT2D eigenvalue weighted by Gasteiger charge is 2.49. The van der Waals surface area contributed by atoms with E-state index >= 15 is 0 Å². The van der Waals surface area contributed by atoms with Crippen LogP contribution >= 0.6 is 0 Å². The third kappa shape index (κ3) is 3.18. The molecule has 0 radical (unpaired) electrons. The highest BCUT2D eigenvalue weighted by molar-refractivity contribution is 7.90. The number of carbonyl (C=O) groups is 1. The Hall–Kier alpha value is -1.40. The van der Waals surface area contributed by atoms with Gasteiger partial charge in [0.2, 0.25) is 15.9 Å². The van der Waals surface area contributed by atoms with Crippen LogP contribution in [0.1, 0.15) is 74.8 Å².